The second kappa shape index (κ2) is 6.39. The average molecular weight is 311 g/mol. The van der Waals surface area contributed by atoms with Gasteiger partial charge in [-0.3, -0.25) is 0 Å². The van der Waals surface area contributed by atoms with Crippen LogP contribution in [-0.4, -0.2) is 21.5 Å². The first-order chi connectivity index (χ1) is 8.79. The van der Waals surface area contributed by atoms with Crippen LogP contribution < -0.4 is 10.2 Å². The number of hydrogen-bond donors (Lipinski definition) is 1. The third-order valence-corrected chi connectivity index (χ3v) is 2.96. The molecule has 2 aromatic rings. The standard InChI is InChI=1S/C12H15BrN4O/c1-2-5-18-12-4-3-10(6-11(12)13)7-16-17-8-14-15-9-17/h3-4,6,8-9,16H,2,5,7H2,1H3. The van der Waals surface area contributed by atoms with Crippen molar-refractivity contribution in [2.45, 2.75) is 19.9 Å². The van der Waals surface area contributed by atoms with Gasteiger partial charge in [-0.05, 0) is 40.0 Å². The Morgan fingerprint density at radius 1 is 1.33 bits per heavy atom. The largest absolute Gasteiger partial charge is 0.492 e. The minimum Gasteiger partial charge on any atom is -0.492 e. The monoisotopic (exact) mass is 310 g/mol. The first-order valence-electron chi connectivity index (χ1n) is 5.79. The number of nitrogens with one attached hydrogen (secondary N) is 1. The molecule has 0 saturated carbocycles. The van der Waals surface area contributed by atoms with Crippen LogP contribution in [0.1, 0.15) is 18.9 Å². The van der Waals surface area contributed by atoms with Crippen molar-refractivity contribution in [3.05, 3.63) is 40.9 Å². The fourth-order valence-electron chi connectivity index (χ4n) is 1.45. The van der Waals surface area contributed by atoms with E-state index in [1.54, 1.807) is 17.3 Å². The molecule has 96 valence electrons. The van der Waals surface area contributed by atoms with Crippen molar-refractivity contribution in [1.29, 1.82) is 0 Å². The molecule has 0 unspecified atom stereocenters. The molecule has 2 rings (SSSR count). The van der Waals surface area contributed by atoms with Gasteiger partial charge in [0.05, 0.1) is 17.6 Å². The van der Waals surface area contributed by atoms with Gasteiger partial charge in [-0.1, -0.05) is 13.0 Å². The third-order valence-electron chi connectivity index (χ3n) is 2.34. The summed E-state index contributed by atoms with van der Waals surface area (Å²) < 4.78 is 8.29. The van der Waals surface area contributed by atoms with Gasteiger partial charge < -0.3 is 10.2 Å². The summed E-state index contributed by atoms with van der Waals surface area (Å²) in [5.41, 5.74) is 4.31. The second-order valence-corrected chi connectivity index (χ2v) is 4.67. The van der Waals surface area contributed by atoms with E-state index < -0.39 is 0 Å². The third kappa shape index (κ3) is 3.46. The normalized spacial score (nSPS) is 10.3. The fraction of sp³-hybridized carbons (Fsp3) is 0.333. The van der Waals surface area contributed by atoms with Crippen LogP contribution in [0.3, 0.4) is 0 Å². The van der Waals surface area contributed by atoms with Gasteiger partial charge in [-0.25, -0.2) is 4.68 Å². The lowest BCUT2D eigenvalue weighted by Crippen LogP contribution is -2.12. The summed E-state index contributed by atoms with van der Waals surface area (Å²) in [4.78, 5) is 0. The Hall–Kier alpha value is -1.56. The zero-order valence-corrected chi connectivity index (χ0v) is 11.7. The van der Waals surface area contributed by atoms with Crippen molar-refractivity contribution in [2.24, 2.45) is 0 Å². The second-order valence-electron chi connectivity index (χ2n) is 3.82. The molecular weight excluding hydrogens is 296 g/mol. The van der Waals surface area contributed by atoms with Gasteiger partial charge in [0, 0.05) is 0 Å². The Morgan fingerprint density at radius 2 is 2.11 bits per heavy atom. The van der Waals surface area contributed by atoms with Crippen molar-refractivity contribution >= 4 is 15.9 Å². The zero-order valence-electron chi connectivity index (χ0n) is 10.1. The highest BCUT2D eigenvalue weighted by Crippen LogP contribution is 2.26. The van der Waals surface area contributed by atoms with E-state index in [2.05, 4.69) is 38.5 Å². The van der Waals surface area contributed by atoms with Gasteiger partial charge in [0.1, 0.15) is 18.4 Å². The average Bonchev–Trinajstić information content (AvgIpc) is 2.88. The summed E-state index contributed by atoms with van der Waals surface area (Å²) in [6.07, 6.45) is 4.24. The molecule has 1 aromatic carbocycles. The highest BCUT2D eigenvalue weighted by Gasteiger charge is 2.02. The molecule has 0 aliphatic carbocycles. The van der Waals surface area contributed by atoms with Crippen molar-refractivity contribution in [3.63, 3.8) is 0 Å². The lowest BCUT2D eigenvalue weighted by Gasteiger charge is -2.10. The maximum atomic E-state index is 5.60. The Labute approximate surface area is 114 Å². The topological polar surface area (TPSA) is 52.0 Å². The van der Waals surface area contributed by atoms with E-state index in [1.807, 2.05) is 18.2 Å². The van der Waals surface area contributed by atoms with E-state index in [0.717, 1.165) is 28.8 Å². The van der Waals surface area contributed by atoms with Gasteiger partial charge in [-0.2, -0.15) is 0 Å². The molecule has 0 saturated heterocycles. The molecule has 18 heavy (non-hydrogen) atoms. The Bertz CT molecular complexity index is 487. The Balaban J connectivity index is 1.95. The lowest BCUT2D eigenvalue weighted by molar-refractivity contribution is 0.315. The van der Waals surface area contributed by atoms with E-state index in [4.69, 9.17) is 4.74 Å². The number of benzene rings is 1. The van der Waals surface area contributed by atoms with Crippen LogP contribution in [-0.2, 0) is 6.54 Å². The molecule has 1 aromatic heterocycles. The van der Waals surface area contributed by atoms with E-state index in [-0.39, 0.29) is 0 Å². The summed E-state index contributed by atoms with van der Waals surface area (Å²) in [6, 6.07) is 6.05. The van der Waals surface area contributed by atoms with E-state index in [9.17, 15) is 0 Å². The first-order valence-corrected chi connectivity index (χ1v) is 6.58. The SMILES string of the molecule is CCCOc1ccc(CNn2cnnc2)cc1Br. The molecule has 5 nitrogen and oxygen atoms in total. The molecule has 0 aliphatic heterocycles. The quantitative estimate of drug-likeness (QED) is 0.891. The zero-order chi connectivity index (χ0) is 12.8. The highest BCUT2D eigenvalue weighted by molar-refractivity contribution is 9.10. The fourth-order valence-corrected chi connectivity index (χ4v) is 1.99. The van der Waals surface area contributed by atoms with Crippen LogP contribution >= 0.6 is 15.9 Å². The van der Waals surface area contributed by atoms with Crippen molar-refractivity contribution < 1.29 is 4.74 Å². The predicted molar refractivity (Wildman–Crippen MR) is 73.0 cm³/mol. The maximum Gasteiger partial charge on any atom is 0.138 e. The van der Waals surface area contributed by atoms with Crippen LogP contribution in [0.4, 0.5) is 0 Å². The summed E-state index contributed by atoms with van der Waals surface area (Å²) in [5.74, 6) is 0.880. The molecule has 0 radical (unpaired) electrons. The number of hydrogen-bond acceptors (Lipinski definition) is 4. The van der Waals surface area contributed by atoms with E-state index in [0.29, 0.717) is 6.54 Å². The van der Waals surface area contributed by atoms with E-state index in [1.165, 1.54) is 0 Å². The minimum atomic E-state index is 0.699. The van der Waals surface area contributed by atoms with E-state index >= 15 is 0 Å². The first kappa shape index (κ1) is 12.9. The number of ether oxygens (including phenoxy) is 1. The molecule has 1 N–H and O–H groups in total. The van der Waals surface area contributed by atoms with Crippen LogP contribution in [0.15, 0.2) is 35.3 Å². The minimum absolute atomic E-state index is 0.699. The molecule has 1 heterocycles. The number of rotatable bonds is 6. The molecule has 0 fully saturated rings. The van der Waals surface area contributed by atoms with Crippen LogP contribution in [0, 0.1) is 0 Å². The summed E-state index contributed by atoms with van der Waals surface area (Å²) >= 11 is 3.51. The Kier molecular flexibility index (Phi) is 4.58. The van der Waals surface area contributed by atoms with Gasteiger partial charge in [0.15, 0.2) is 0 Å². The number of nitrogens with zero attached hydrogens (tertiary/aromatic N) is 3. The van der Waals surface area contributed by atoms with Crippen LogP contribution in [0.5, 0.6) is 5.75 Å². The van der Waals surface area contributed by atoms with Crippen LogP contribution in [0.25, 0.3) is 0 Å². The van der Waals surface area contributed by atoms with Crippen molar-refractivity contribution in [3.8, 4) is 5.75 Å². The van der Waals surface area contributed by atoms with Gasteiger partial charge in [-0.15, -0.1) is 10.2 Å². The number of halogens is 1. The molecule has 0 amide bonds. The summed E-state index contributed by atoms with van der Waals surface area (Å²) in [6.45, 7) is 3.52. The highest BCUT2D eigenvalue weighted by atomic mass is 79.9. The Morgan fingerprint density at radius 3 is 2.78 bits per heavy atom. The molecular formula is C12H15BrN4O. The van der Waals surface area contributed by atoms with Gasteiger partial charge >= 0.3 is 0 Å². The molecule has 0 spiro atoms. The smallest absolute Gasteiger partial charge is 0.138 e. The lowest BCUT2D eigenvalue weighted by atomic mass is 10.2. The summed E-state index contributed by atoms with van der Waals surface area (Å²) in [7, 11) is 0. The van der Waals surface area contributed by atoms with Gasteiger partial charge in [0.2, 0.25) is 0 Å². The molecule has 0 bridgehead atoms. The molecule has 6 heteroatoms. The summed E-state index contributed by atoms with van der Waals surface area (Å²) in [5, 5.41) is 7.44. The van der Waals surface area contributed by atoms with Crippen molar-refractivity contribution in [2.75, 3.05) is 12.0 Å². The van der Waals surface area contributed by atoms with Gasteiger partial charge in [0.25, 0.3) is 0 Å². The maximum absolute atomic E-state index is 5.60. The molecule has 0 atom stereocenters. The van der Waals surface area contributed by atoms with Crippen molar-refractivity contribution in [1.82, 2.24) is 14.9 Å². The predicted octanol–water partition coefficient (Wildman–Crippen LogP) is 2.57. The number of aromatic nitrogens is 3. The molecule has 0 aliphatic rings. The van der Waals surface area contributed by atoms with Crippen LogP contribution in [0.2, 0.25) is 0 Å².